The molecule has 0 heterocycles. The van der Waals surface area contributed by atoms with Crippen LogP contribution in [0.1, 0.15) is 34.6 Å². The van der Waals surface area contributed by atoms with Crippen LogP contribution in [0.5, 0.6) is 0 Å². The van der Waals surface area contributed by atoms with E-state index in [4.69, 9.17) is 9.84 Å². The number of ether oxygens (including phenoxy) is 1. The van der Waals surface area contributed by atoms with Crippen molar-refractivity contribution in [3.63, 3.8) is 0 Å². The third kappa shape index (κ3) is 7.43. The van der Waals surface area contributed by atoms with Gasteiger partial charge >= 0.3 is 12.2 Å². The molecule has 0 aromatic carbocycles. The number of nitrogens with zero attached hydrogens (tertiary/aromatic N) is 1. The molecule has 0 spiro atoms. The lowest BCUT2D eigenvalue weighted by atomic mass is 10.2. The number of nitrogens with one attached hydrogen (secondary N) is 1. The average Bonchev–Trinajstić information content (AvgIpc) is 2.07. The highest BCUT2D eigenvalue weighted by atomic mass is 16.6. The minimum atomic E-state index is -0.994. The molecular formula is C11H22N2O4. The van der Waals surface area contributed by atoms with Gasteiger partial charge in [0.15, 0.2) is 0 Å². The number of hydrogen-bond donors (Lipinski definition) is 2. The summed E-state index contributed by atoms with van der Waals surface area (Å²) < 4.78 is 5.02. The minimum Gasteiger partial charge on any atom is -0.465 e. The third-order valence-electron chi connectivity index (χ3n) is 1.89. The molecular weight excluding hydrogens is 224 g/mol. The summed E-state index contributed by atoms with van der Waals surface area (Å²) in [6, 6.07) is -0.118. The van der Waals surface area contributed by atoms with Crippen molar-refractivity contribution in [2.45, 2.75) is 46.3 Å². The van der Waals surface area contributed by atoms with E-state index in [1.165, 1.54) is 4.90 Å². The molecule has 17 heavy (non-hydrogen) atoms. The number of rotatable bonds is 4. The lowest BCUT2D eigenvalue weighted by Gasteiger charge is -2.24. The maximum Gasteiger partial charge on any atom is 0.407 e. The van der Waals surface area contributed by atoms with Gasteiger partial charge in [-0.2, -0.15) is 0 Å². The van der Waals surface area contributed by atoms with Crippen LogP contribution in [0.15, 0.2) is 0 Å². The van der Waals surface area contributed by atoms with Crippen molar-refractivity contribution in [1.82, 2.24) is 10.2 Å². The summed E-state index contributed by atoms with van der Waals surface area (Å²) in [6.45, 7) is 9.34. The molecule has 0 saturated heterocycles. The van der Waals surface area contributed by atoms with Crippen LogP contribution in [0.4, 0.5) is 9.59 Å². The van der Waals surface area contributed by atoms with E-state index in [2.05, 4.69) is 5.32 Å². The third-order valence-corrected chi connectivity index (χ3v) is 1.89. The SMILES string of the molecule is CC(C)N(CCNC(=O)OC(C)(C)C)C(=O)O. The second-order valence-electron chi connectivity index (χ2n) is 5.00. The molecule has 0 aliphatic rings. The number of carbonyl (C=O) groups is 2. The van der Waals surface area contributed by atoms with Gasteiger partial charge in [-0.3, -0.25) is 0 Å². The molecule has 0 aromatic heterocycles. The van der Waals surface area contributed by atoms with Gasteiger partial charge in [0.25, 0.3) is 0 Å². The van der Waals surface area contributed by atoms with Crippen molar-refractivity contribution in [2.24, 2.45) is 0 Å². The lowest BCUT2D eigenvalue weighted by molar-refractivity contribution is 0.0517. The van der Waals surface area contributed by atoms with Crippen molar-refractivity contribution < 1.29 is 19.4 Å². The maximum atomic E-state index is 11.3. The van der Waals surface area contributed by atoms with Crippen molar-refractivity contribution in [2.75, 3.05) is 13.1 Å². The Hall–Kier alpha value is -1.46. The first-order chi connectivity index (χ1) is 7.63. The first kappa shape index (κ1) is 15.5. The van der Waals surface area contributed by atoms with Gasteiger partial charge in [-0.15, -0.1) is 0 Å². The largest absolute Gasteiger partial charge is 0.465 e. The van der Waals surface area contributed by atoms with Gasteiger partial charge in [0.2, 0.25) is 0 Å². The van der Waals surface area contributed by atoms with E-state index < -0.39 is 17.8 Å². The Morgan fingerprint density at radius 3 is 2.24 bits per heavy atom. The summed E-state index contributed by atoms with van der Waals surface area (Å²) in [5.74, 6) is 0. The van der Waals surface area contributed by atoms with Crippen molar-refractivity contribution in [3.05, 3.63) is 0 Å². The van der Waals surface area contributed by atoms with Crippen molar-refractivity contribution in [1.29, 1.82) is 0 Å². The second kappa shape index (κ2) is 6.32. The topological polar surface area (TPSA) is 78.9 Å². The van der Waals surface area contributed by atoms with E-state index in [9.17, 15) is 9.59 Å². The van der Waals surface area contributed by atoms with Gasteiger partial charge in [0.05, 0.1) is 0 Å². The first-order valence-electron chi connectivity index (χ1n) is 5.60. The fourth-order valence-corrected chi connectivity index (χ4v) is 1.17. The molecule has 2 N–H and O–H groups in total. The summed E-state index contributed by atoms with van der Waals surface area (Å²) in [4.78, 5) is 23.4. The molecule has 0 rings (SSSR count). The van der Waals surface area contributed by atoms with Gasteiger partial charge in [-0.25, -0.2) is 9.59 Å². The van der Waals surface area contributed by atoms with E-state index >= 15 is 0 Å². The van der Waals surface area contributed by atoms with Crippen LogP contribution in [0.25, 0.3) is 0 Å². The fraction of sp³-hybridized carbons (Fsp3) is 0.818. The monoisotopic (exact) mass is 246 g/mol. The number of amides is 2. The Bertz CT molecular complexity index is 271. The van der Waals surface area contributed by atoms with E-state index in [1.54, 1.807) is 34.6 Å². The molecule has 0 fully saturated rings. The Labute approximate surface area is 102 Å². The smallest absolute Gasteiger partial charge is 0.407 e. The molecule has 0 aliphatic carbocycles. The van der Waals surface area contributed by atoms with Gasteiger partial charge in [0.1, 0.15) is 5.60 Å². The standard InChI is InChI=1S/C11H22N2O4/c1-8(2)13(10(15)16)7-6-12-9(14)17-11(3,4)5/h8H,6-7H2,1-5H3,(H,12,14)(H,15,16). The molecule has 100 valence electrons. The van der Waals surface area contributed by atoms with Crippen LogP contribution >= 0.6 is 0 Å². The van der Waals surface area contributed by atoms with Gasteiger partial charge in [-0.1, -0.05) is 0 Å². The fourth-order valence-electron chi connectivity index (χ4n) is 1.17. The molecule has 0 aliphatic heterocycles. The highest BCUT2D eigenvalue weighted by Gasteiger charge is 2.18. The van der Waals surface area contributed by atoms with E-state index in [1.807, 2.05) is 0 Å². The number of alkyl carbamates (subject to hydrolysis) is 1. The highest BCUT2D eigenvalue weighted by molar-refractivity contribution is 5.68. The zero-order valence-corrected chi connectivity index (χ0v) is 11.1. The lowest BCUT2D eigenvalue weighted by Crippen LogP contribution is -2.42. The minimum absolute atomic E-state index is 0.118. The molecule has 0 atom stereocenters. The highest BCUT2D eigenvalue weighted by Crippen LogP contribution is 2.06. The first-order valence-corrected chi connectivity index (χ1v) is 5.60. The Morgan fingerprint density at radius 2 is 1.88 bits per heavy atom. The van der Waals surface area contributed by atoms with Crippen LogP contribution in [-0.2, 0) is 4.74 Å². The van der Waals surface area contributed by atoms with E-state index in [-0.39, 0.29) is 19.1 Å². The normalized spacial score (nSPS) is 11.2. The molecule has 6 nitrogen and oxygen atoms in total. The quantitative estimate of drug-likeness (QED) is 0.794. The number of carboxylic acid groups (broad SMARTS) is 1. The van der Waals surface area contributed by atoms with Gasteiger partial charge in [-0.05, 0) is 34.6 Å². The molecule has 0 bridgehead atoms. The van der Waals surface area contributed by atoms with Crippen LogP contribution in [0.2, 0.25) is 0 Å². The molecule has 6 heteroatoms. The summed E-state index contributed by atoms with van der Waals surface area (Å²) >= 11 is 0. The second-order valence-corrected chi connectivity index (χ2v) is 5.00. The summed E-state index contributed by atoms with van der Waals surface area (Å²) in [7, 11) is 0. The number of carbonyl (C=O) groups excluding carboxylic acids is 1. The van der Waals surface area contributed by atoms with Crippen LogP contribution in [-0.4, -0.2) is 46.9 Å². The zero-order valence-electron chi connectivity index (χ0n) is 11.1. The average molecular weight is 246 g/mol. The van der Waals surface area contributed by atoms with Crippen LogP contribution < -0.4 is 5.32 Å². The van der Waals surface area contributed by atoms with Crippen LogP contribution in [0.3, 0.4) is 0 Å². The summed E-state index contributed by atoms with van der Waals surface area (Å²) in [5, 5.41) is 11.4. The summed E-state index contributed by atoms with van der Waals surface area (Å²) in [6.07, 6.45) is -1.53. The van der Waals surface area contributed by atoms with E-state index in [0.717, 1.165) is 0 Å². The zero-order chi connectivity index (χ0) is 13.6. The molecule has 0 aromatic rings. The molecule has 0 unspecified atom stereocenters. The predicted molar refractivity (Wildman–Crippen MR) is 64.1 cm³/mol. The molecule has 0 saturated carbocycles. The van der Waals surface area contributed by atoms with Crippen molar-refractivity contribution in [3.8, 4) is 0 Å². The summed E-state index contributed by atoms with van der Waals surface area (Å²) in [5.41, 5.74) is -0.547. The van der Waals surface area contributed by atoms with Crippen molar-refractivity contribution >= 4 is 12.2 Å². The Balaban J connectivity index is 3.98. The number of hydrogen-bond acceptors (Lipinski definition) is 3. The Kier molecular flexibility index (Phi) is 5.78. The van der Waals surface area contributed by atoms with Crippen LogP contribution in [0, 0.1) is 0 Å². The Morgan fingerprint density at radius 1 is 1.35 bits per heavy atom. The molecule has 2 amide bonds. The van der Waals surface area contributed by atoms with E-state index in [0.29, 0.717) is 0 Å². The maximum absolute atomic E-state index is 11.3. The van der Waals surface area contributed by atoms with Gasteiger partial charge < -0.3 is 20.1 Å². The predicted octanol–water partition coefficient (Wildman–Crippen LogP) is 1.90. The molecule has 0 radical (unpaired) electrons. The van der Waals surface area contributed by atoms with Gasteiger partial charge in [0, 0.05) is 19.1 Å².